The summed E-state index contributed by atoms with van der Waals surface area (Å²) in [6.07, 6.45) is 2.65. The van der Waals surface area contributed by atoms with Crippen LogP contribution in [0.2, 0.25) is 0 Å². The number of ether oxygens (including phenoxy) is 2. The van der Waals surface area contributed by atoms with Gasteiger partial charge in [0, 0.05) is 18.9 Å². The Morgan fingerprint density at radius 1 is 0.750 bits per heavy atom. The van der Waals surface area contributed by atoms with Gasteiger partial charge in [0.05, 0.1) is 0 Å². The molecule has 182 valence electrons. The predicted molar refractivity (Wildman–Crippen MR) is 136 cm³/mol. The average Bonchev–Trinajstić information content (AvgIpc) is 2.94. The van der Waals surface area contributed by atoms with Gasteiger partial charge in [0.1, 0.15) is 25.0 Å². The summed E-state index contributed by atoms with van der Waals surface area (Å²) < 4.78 is 11.2. The second-order valence-corrected chi connectivity index (χ2v) is 8.06. The molecule has 2 amide bonds. The maximum atomic E-state index is 13.1. The van der Waals surface area contributed by atoms with Crippen molar-refractivity contribution < 1.29 is 19.1 Å². The lowest BCUT2D eigenvalue weighted by Gasteiger charge is -2.19. The van der Waals surface area contributed by atoms with E-state index < -0.39 is 12.1 Å². The summed E-state index contributed by atoms with van der Waals surface area (Å²) in [5.74, 6) is 0.289. The van der Waals surface area contributed by atoms with Gasteiger partial charge in [0.15, 0.2) is 0 Å². The van der Waals surface area contributed by atoms with E-state index in [0.717, 1.165) is 16.7 Å². The third-order valence-electron chi connectivity index (χ3n) is 5.39. The Hall–Kier alpha value is -4.65. The highest BCUT2D eigenvalue weighted by Gasteiger charge is 2.23. The summed E-state index contributed by atoms with van der Waals surface area (Å²) in [5.41, 5.74) is 3.35. The molecule has 36 heavy (non-hydrogen) atoms. The number of nitrogens with zero attached hydrogens (tertiary/aromatic N) is 1. The molecule has 2 N–H and O–H groups in total. The number of alkyl carbamates (subject to hydrolysis) is 1. The maximum Gasteiger partial charge on any atom is 0.408 e. The molecule has 0 bridgehead atoms. The molecule has 1 atom stereocenters. The molecular weight excluding hydrogens is 454 g/mol. The Morgan fingerprint density at radius 2 is 1.39 bits per heavy atom. The summed E-state index contributed by atoms with van der Waals surface area (Å²) in [6, 6.07) is 29.0. The average molecular weight is 482 g/mol. The van der Waals surface area contributed by atoms with Crippen molar-refractivity contribution >= 4 is 12.0 Å². The monoisotopic (exact) mass is 481 g/mol. The van der Waals surface area contributed by atoms with Gasteiger partial charge in [-0.25, -0.2) is 4.79 Å². The smallest absolute Gasteiger partial charge is 0.408 e. The number of hydrogen-bond acceptors (Lipinski definition) is 5. The molecule has 0 saturated carbocycles. The van der Waals surface area contributed by atoms with E-state index in [1.165, 1.54) is 0 Å². The second-order valence-electron chi connectivity index (χ2n) is 8.06. The van der Waals surface area contributed by atoms with Crippen LogP contribution >= 0.6 is 0 Å². The van der Waals surface area contributed by atoms with Crippen LogP contribution in [0.1, 0.15) is 28.3 Å². The largest absolute Gasteiger partial charge is 0.489 e. The zero-order chi connectivity index (χ0) is 25.0. The van der Waals surface area contributed by atoms with E-state index in [0.29, 0.717) is 17.9 Å². The number of aromatic nitrogens is 1. The van der Waals surface area contributed by atoms with Crippen molar-refractivity contribution in [2.45, 2.75) is 25.8 Å². The van der Waals surface area contributed by atoms with E-state index in [1.54, 1.807) is 42.7 Å². The molecule has 3 aromatic carbocycles. The maximum absolute atomic E-state index is 13.1. The van der Waals surface area contributed by atoms with Crippen LogP contribution in [0.5, 0.6) is 5.75 Å². The molecule has 1 heterocycles. The Balaban J connectivity index is 1.42. The van der Waals surface area contributed by atoms with E-state index in [4.69, 9.17) is 9.47 Å². The molecule has 4 rings (SSSR count). The molecule has 0 aliphatic heterocycles. The summed E-state index contributed by atoms with van der Waals surface area (Å²) in [7, 11) is 0. The third kappa shape index (κ3) is 7.43. The lowest BCUT2D eigenvalue weighted by Crippen LogP contribution is -2.40. The quantitative estimate of drug-likeness (QED) is 0.335. The van der Waals surface area contributed by atoms with Gasteiger partial charge in [0.2, 0.25) is 5.91 Å². The Bertz CT molecular complexity index is 1230. The van der Waals surface area contributed by atoms with Crippen LogP contribution in [0.3, 0.4) is 0 Å². The van der Waals surface area contributed by atoms with Crippen molar-refractivity contribution in [2.24, 2.45) is 0 Å². The van der Waals surface area contributed by atoms with Crippen molar-refractivity contribution in [1.29, 1.82) is 0 Å². The molecule has 0 unspecified atom stereocenters. The SMILES string of the molecule is O=C(N[C@@H](C(=O)NCc1cccnc1)c1ccc(OCc2ccccc2)cc1)OCc1ccccc1. The molecule has 4 aromatic rings. The first kappa shape index (κ1) is 24.5. The molecule has 0 fully saturated rings. The highest BCUT2D eigenvalue weighted by molar-refractivity contribution is 5.86. The normalized spacial score (nSPS) is 11.2. The van der Waals surface area contributed by atoms with Crippen molar-refractivity contribution in [2.75, 3.05) is 0 Å². The van der Waals surface area contributed by atoms with Gasteiger partial charge in [-0.3, -0.25) is 9.78 Å². The predicted octanol–water partition coefficient (Wildman–Crippen LogP) is 4.94. The van der Waals surface area contributed by atoms with E-state index in [9.17, 15) is 9.59 Å². The first-order valence-electron chi connectivity index (χ1n) is 11.6. The number of pyridine rings is 1. The minimum atomic E-state index is -0.951. The Kier molecular flexibility index (Phi) is 8.64. The topological polar surface area (TPSA) is 89.6 Å². The first-order chi connectivity index (χ1) is 17.7. The summed E-state index contributed by atoms with van der Waals surface area (Å²) in [5, 5.41) is 5.54. The lowest BCUT2D eigenvalue weighted by atomic mass is 10.1. The highest BCUT2D eigenvalue weighted by Crippen LogP contribution is 2.20. The Labute approximate surface area is 210 Å². The highest BCUT2D eigenvalue weighted by atomic mass is 16.5. The van der Waals surface area contributed by atoms with Crippen LogP contribution in [-0.2, 0) is 29.3 Å². The zero-order valence-corrected chi connectivity index (χ0v) is 19.7. The number of rotatable bonds is 10. The molecular formula is C29H27N3O4. The van der Waals surface area contributed by atoms with Crippen molar-refractivity contribution in [3.8, 4) is 5.75 Å². The number of carbonyl (C=O) groups is 2. The van der Waals surface area contributed by atoms with E-state index in [2.05, 4.69) is 15.6 Å². The van der Waals surface area contributed by atoms with E-state index >= 15 is 0 Å². The van der Waals surface area contributed by atoms with Crippen LogP contribution in [-0.4, -0.2) is 17.0 Å². The van der Waals surface area contributed by atoms with Crippen molar-refractivity contribution in [3.63, 3.8) is 0 Å². The molecule has 7 nitrogen and oxygen atoms in total. The minimum absolute atomic E-state index is 0.100. The summed E-state index contributed by atoms with van der Waals surface area (Å²) in [6.45, 7) is 0.810. The molecule has 0 saturated heterocycles. The van der Waals surface area contributed by atoms with Crippen molar-refractivity contribution in [1.82, 2.24) is 15.6 Å². The lowest BCUT2D eigenvalue weighted by molar-refractivity contribution is -0.123. The molecule has 0 aliphatic rings. The van der Waals surface area contributed by atoms with Gasteiger partial charge in [0.25, 0.3) is 0 Å². The number of amides is 2. The van der Waals surface area contributed by atoms with Gasteiger partial charge in [-0.2, -0.15) is 0 Å². The van der Waals surface area contributed by atoms with Gasteiger partial charge in [-0.1, -0.05) is 78.9 Å². The van der Waals surface area contributed by atoms with Crippen LogP contribution in [0.4, 0.5) is 4.79 Å². The molecule has 1 aromatic heterocycles. The number of hydrogen-bond donors (Lipinski definition) is 2. The molecule has 0 spiro atoms. The van der Waals surface area contributed by atoms with E-state index in [1.807, 2.05) is 66.7 Å². The van der Waals surface area contributed by atoms with Gasteiger partial charge in [-0.05, 0) is 40.5 Å². The van der Waals surface area contributed by atoms with Crippen molar-refractivity contribution in [3.05, 3.63) is 132 Å². The van der Waals surface area contributed by atoms with Gasteiger partial charge in [-0.15, -0.1) is 0 Å². The number of benzene rings is 3. The van der Waals surface area contributed by atoms with Gasteiger partial charge < -0.3 is 20.1 Å². The molecule has 7 heteroatoms. The fourth-order valence-electron chi connectivity index (χ4n) is 3.47. The fraction of sp³-hybridized carbons (Fsp3) is 0.138. The van der Waals surface area contributed by atoms with Crippen LogP contribution in [0.25, 0.3) is 0 Å². The third-order valence-corrected chi connectivity index (χ3v) is 5.39. The summed E-state index contributed by atoms with van der Waals surface area (Å²) >= 11 is 0. The zero-order valence-electron chi connectivity index (χ0n) is 19.7. The van der Waals surface area contributed by atoms with Crippen LogP contribution < -0.4 is 15.4 Å². The first-order valence-corrected chi connectivity index (χ1v) is 11.6. The second kappa shape index (κ2) is 12.7. The minimum Gasteiger partial charge on any atom is -0.489 e. The molecule has 0 radical (unpaired) electrons. The van der Waals surface area contributed by atoms with Crippen LogP contribution in [0.15, 0.2) is 109 Å². The fourth-order valence-corrected chi connectivity index (χ4v) is 3.47. The van der Waals surface area contributed by atoms with Gasteiger partial charge >= 0.3 is 6.09 Å². The standard InChI is InChI=1S/C29H27N3O4/c33-28(31-19-24-12-7-17-30-18-24)27(32-29(34)36-21-23-10-5-2-6-11-23)25-13-15-26(16-14-25)35-20-22-8-3-1-4-9-22/h1-18,27H,19-21H2,(H,31,33)(H,32,34)/t27-/m1/s1. The summed E-state index contributed by atoms with van der Waals surface area (Å²) in [4.78, 5) is 29.7. The number of carbonyl (C=O) groups excluding carboxylic acids is 2. The van der Waals surface area contributed by atoms with E-state index in [-0.39, 0.29) is 19.1 Å². The van der Waals surface area contributed by atoms with Crippen LogP contribution in [0, 0.1) is 0 Å². The Morgan fingerprint density at radius 3 is 2.03 bits per heavy atom. The number of nitrogens with one attached hydrogen (secondary N) is 2. The molecule has 0 aliphatic carbocycles.